The fraction of sp³-hybridized carbons (Fsp3) is 0.143. The standard InChI is InChI=1S/C14H11IS/c1-14(15)10-6-2-4-8-12(10)16-13-9-5-3-7-11(13)14/h2-9H,1H3. The highest BCUT2D eigenvalue weighted by atomic mass is 127. The molecule has 0 saturated heterocycles. The summed E-state index contributed by atoms with van der Waals surface area (Å²) in [5, 5.41) is 0. The minimum atomic E-state index is 0.0934. The van der Waals surface area contributed by atoms with Gasteiger partial charge >= 0.3 is 0 Å². The third-order valence-corrected chi connectivity index (χ3v) is 5.32. The molecule has 0 saturated carbocycles. The van der Waals surface area contributed by atoms with E-state index in [4.69, 9.17) is 0 Å². The Kier molecular flexibility index (Phi) is 2.51. The van der Waals surface area contributed by atoms with Crippen molar-refractivity contribution < 1.29 is 0 Å². The fourth-order valence-electron chi connectivity index (χ4n) is 2.15. The van der Waals surface area contributed by atoms with Crippen LogP contribution in [0.2, 0.25) is 0 Å². The molecule has 1 heterocycles. The lowest BCUT2D eigenvalue weighted by molar-refractivity contribution is 0.822. The molecule has 80 valence electrons. The molecule has 0 amide bonds. The van der Waals surface area contributed by atoms with E-state index < -0.39 is 0 Å². The van der Waals surface area contributed by atoms with E-state index in [0.717, 1.165) is 0 Å². The first-order valence-corrected chi connectivity index (χ1v) is 7.15. The van der Waals surface area contributed by atoms with Crippen LogP contribution in [-0.4, -0.2) is 0 Å². The second kappa shape index (κ2) is 3.77. The monoisotopic (exact) mass is 338 g/mol. The predicted octanol–water partition coefficient (Wildman–Crippen LogP) is 4.85. The Morgan fingerprint density at radius 3 is 1.81 bits per heavy atom. The van der Waals surface area contributed by atoms with Crippen LogP contribution in [0.3, 0.4) is 0 Å². The Morgan fingerprint density at radius 2 is 1.31 bits per heavy atom. The summed E-state index contributed by atoms with van der Waals surface area (Å²) in [7, 11) is 0. The van der Waals surface area contributed by atoms with E-state index in [1.165, 1.54) is 20.9 Å². The lowest BCUT2D eigenvalue weighted by Crippen LogP contribution is -2.19. The number of halogens is 1. The Balaban J connectivity index is 2.28. The van der Waals surface area contributed by atoms with Crippen molar-refractivity contribution in [2.24, 2.45) is 0 Å². The Hall–Kier alpha value is -0.480. The summed E-state index contributed by atoms with van der Waals surface area (Å²) < 4.78 is 0.0934. The van der Waals surface area contributed by atoms with E-state index in [-0.39, 0.29) is 3.42 Å². The Labute approximate surface area is 114 Å². The number of hydrogen-bond acceptors (Lipinski definition) is 1. The number of rotatable bonds is 0. The largest absolute Gasteiger partial charge is 0.0894 e. The maximum atomic E-state index is 2.56. The third kappa shape index (κ3) is 1.51. The van der Waals surface area contributed by atoms with Gasteiger partial charge in [-0.05, 0) is 30.2 Å². The quantitative estimate of drug-likeness (QED) is 0.489. The minimum absolute atomic E-state index is 0.0934. The molecule has 3 rings (SSSR count). The zero-order chi connectivity index (χ0) is 11.2. The first-order valence-electron chi connectivity index (χ1n) is 5.25. The lowest BCUT2D eigenvalue weighted by Gasteiger charge is -2.32. The second-order valence-electron chi connectivity index (χ2n) is 4.10. The summed E-state index contributed by atoms with van der Waals surface area (Å²) >= 11 is 4.44. The van der Waals surface area contributed by atoms with Crippen LogP contribution in [-0.2, 0) is 3.42 Å². The van der Waals surface area contributed by atoms with Crippen molar-refractivity contribution in [3.63, 3.8) is 0 Å². The van der Waals surface area contributed by atoms with E-state index in [1.54, 1.807) is 0 Å². The fourth-order valence-corrected chi connectivity index (χ4v) is 4.75. The van der Waals surface area contributed by atoms with Gasteiger partial charge < -0.3 is 0 Å². The molecule has 0 nitrogen and oxygen atoms in total. The molecule has 1 aliphatic rings. The number of alkyl halides is 1. The van der Waals surface area contributed by atoms with Gasteiger partial charge in [0.25, 0.3) is 0 Å². The average Bonchev–Trinajstić information content (AvgIpc) is 2.29. The van der Waals surface area contributed by atoms with Gasteiger partial charge in [-0.15, -0.1) is 0 Å². The third-order valence-electron chi connectivity index (χ3n) is 3.01. The van der Waals surface area contributed by atoms with Crippen molar-refractivity contribution >= 4 is 34.4 Å². The number of hydrogen-bond donors (Lipinski definition) is 0. The van der Waals surface area contributed by atoms with Crippen LogP contribution >= 0.6 is 34.4 Å². The molecule has 0 N–H and O–H groups in total. The molecule has 2 heteroatoms. The van der Waals surface area contributed by atoms with Gasteiger partial charge in [-0.25, -0.2) is 0 Å². The van der Waals surface area contributed by atoms with Gasteiger partial charge in [-0.1, -0.05) is 70.8 Å². The lowest BCUT2D eigenvalue weighted by atomic mass is 9.92. The zero-order valence-electron chi connectivity index (χ0n) is 8.91. The van der Waals surface area contributed by atoms with Crippen LogP contribution in [0.4, 0.5) is 0 Å². The number of fused-ring (bicyclic) bond motifs is 2. The molecule has 0 atom stereocenters. The van der Waals surface area contributed by atoms with Crippen LogP contribution in [0.5, 0.6) is 0 Å². The van der Waals surface area contributed by atoms with Crippen molar-refractivity contribution in [2.45, 2.75) is 20.1 Å². The Bertz CT molecular complexity index is 498. The van der Waals surface area contributed by atoms with E-state index in [1.807, 2.05) is 11.8 Å². The van der Waals surface area contributed by atoms with Gasteiger partial charge in [-0.3, -0.25) is 0 Å². The van der Waals surface area contributed by atoms with E-state index in [2.05, 4.69) is 78.0 Å². The maximum Gasteiger partial charge on any atom is 0.0712 e. The van der Waals surface area contributed by atoms with Crippen molar-refractivity contribution in [2.75, 3.05) is 0 Å². The first-order chi connectivity index (χ1) is 7.69. The summed E-state index contributed by atoms with van der Waals surface area (Å²) in [6.45, 7) is 2.30. The summed E-state index contributed by atoms with van der Waals surface area (Å²) in [4.78, 5) is 2.77. The smallest absolute Gasteiger partial charge is 0.0712 e. The number of benzene rings is 2. The molecule has 0 radical (unpaired) electrons. The van der Waals surface area contributed by atoms with Gasteiger partial charge in [-0.2, -0.15) is 0 Å². The minimum Gasteiger partial charge on any atom is -0.0894 e. The molecule has 1 aliphatic heterocycles. The topological polar surface area (TPSA) is 0 Å². The molecule has 0 unspecified atom stereocenters. The van der Waals surface area contributed by atoms with Gasteiger partial charge in [0.2, 0.25) is 0 Å². The van der Waals surface area contributed by atoms with E-state index >= 15 is 0 Å². The van der Waals surface area contributed by atoms with Crippen LogP contribution < -0.4 is 0 Å². The highest BCUT2D eigenvalue weighted by Crippen LogP contribution is 2.52. The van der Waals surface area contributed by atoms with Crippen LogP contribution in [0.1, 0.15) is 18.1 Å². The highest BCUT2D eigenvalue weighted by Gasteiger charge is 2.33. The molecule has 0 spiro atoms. The summed E-state index contributed by atoms with van der Waals surface area (Å²) in [6, 6.07) is 17.4. The Morgan fingerprint density at radius 1 is 0.875 bits per heavy atom. The SMILES string of the molecule is CC1(I)c2ccccc2Sc2ccccc21. The molecule has 16 heavy (non-hydrogen) atoms. The van der Waals surface area contributed by atoms with Crippen molar-refractivity contribution in [3.8, 4) is 0 Å². The molecule has 0 aliphatic carbocycles. The second-order valence-corrected chi connectivity index (χ2v) is 7.34. The van der Waals surface area contributed by atoms with Crippen LogP contribution in [0.15, 0.2) is 58.3 Å². The average molecular weight is 338 g/mol. The van der Waals surface area contributed by atoms with Gasteiger partial charge in [0.15, 0.2) is 0 Å². The van der Waals surface area contributed by atoms with E-state index in [9.17, 15) is 0 Å². The normalized spacial score (nSPS) is 16.4. The van der Waals surface area contributed by atoms with Crippen molar-refractivity contribution in [1.82, 2.24) is 0 Å². The molecule has 2 aromatic rings. The molecule has 2 aromatic carbocycles. The first kappa shape index (κ1) is 10.7. The van der Waals surface area contributed by atoms with Gasteiger partial charge in [0, 0.05) is 9.79 Å². The van der Waals surface area contributed by atoms with Gasteiger partial charge in [0.05, 0.1) is 3.42 Å². The van der Waals surface area contributed by atoms with Crippen LogP contribution in [0.25, 0.3) is 0 Å². The van der Waals surface area contributed by atoms with Gasteiger partial charge in [0.1, 0.15) is 0 Å². The maximum absolute atomic E-state index is 2.56. The molecule has 0 aromatic heterocycles. The van der Waals surface area contributed by atoms with E-state index in [0.29, 0.717) is 0 Å². The van der Waals surface area contributed by atoms with Crippen LogP contribution in [0, 0.1) is 0 Å². The molecule has 0 bridgehead atoms. The zero-order valence-corrected chi connectivity index (χ0v) is 11.9. The summed E-state index contributed by atoms with van der Waals surface area (Å²) in [5.74, 6) is 0. The molecular formula is C14H11IS. The predicted molar refractivity (Wildman–Crippen MR) is 77.5 cm³/mol. The highest BCUT2D eigenvalue weighted by molar-refractivity contribution is 14.1. The van der Waals surface area contributed by atoms with Crippen molar-refractivity contribution in [1.29, 1.82) is 0 Å². The van der Waals surface area contributed by atoms with Crippen molar-refractivity contribution in [3.05, 3.63) is 59.7 Å². The molecular weight excluding hydrogens is 327 g/mol. The molecule has 0 fully saturated rings. The summed E-state index contributed by atoms with van der Waals surface area (Å²) in [5.41, 5.74) is 2.86. The summed E-state index contributed by atoms with van der Waals surface area (Å²) in [6.07, 6.45) is 0.